The summed E-state index contributed by atoms with van der Waals surface area (Å²) < 4.78 is 28.4. The molecule has 1 aliphatic rings. The molecular formula is C23H29FN6O4. The standard InChI is InChI=1S/C23H29FN6O4/c1-4-10-33-12-15-18(32)23(2,24)21(34-15)30-13-26-17-19(25-3)28-22(29-20(17)30)27-16(31)11-14-8-6-5-7-9-14/h5-9,13,15,18,21,32H,4,10-12H2,1-3H3,(H2,25,27,28,29,31)/t15-,18-,21-,23-/m1/s1. The minimum Gasteiger partial charge on any atom is -0.387 e. The molecule has 182 valence electrons. The monoisotopic (exact) mass is 472 g/mol. The van der Waals surface area contributed by atoms with Crippen LogP contribution in [0.3, 0.4) is 0 Å². The van der Waals surface area contributed by atoms with Crippen molar-refractivity contribution in [3.63, 3.8) is 0 Å². The molecule has 3 heterocycles. The first-order valence-electron chi connectivity index (χ1n) is 11.2. The number of nitrogens with zero attached hydrogens (tertiary/aromatic N) is 4. The zero-order chi connectivity index (χ0) is 24.3. The summed E-state index contributed by atoms with van der Waals surface area (Å²) in [6.07, 6.45) is -1.11. The summed E-state index contributed by atoms with van der Waals surface area (Å²) in [4.78, 5) is 25.6. The van der Waals surface area contributed by atoms with Gasteiger partial charge in [0.1, 0.15) is 12.2 Å². The molecule has 0 saturated carbocycles. The number of amides is 1. The average molecular weight is 473 g/mol. The Kier molecular flexibility index (Phi) is 7.05. The van der Waals surface area contributed by atoms with Crippen molar-refractivity contribution in [2.24, 2.45) is 0 Å². The zero-order valence-electron chi connectivity index (χ0n) is 19.4. The van der Waals surface area contributed by atoms with Gasteiger partial charge < -0.3 is 19.9 Å². The number of aromatic nitrogens is 4. The molecule has 0 radical (unpaired) electrons. The molecule has 4 rings (SSSR count). The number of benzene rings is 1. The number of nitrogens with one attached hydrogen (secondary N) is 2. The van der Waals surface area contributed by atoms with Gasteiger partial charge in [0.05, 0.1) is 19.4 Å². The summed E-state index contributed by atoms with van der Waals surface area (Å²) in [5, 5.41) is 16.2. The smallest absolute Gasteiger partial charge is 0.233 e. The quantitative estimate of drug-likeness (QED) is 0.406. The molecule has 11 heteroatoms. The number of ether oxygens (including phenoxy) is 2. The lowest BCUT2D eigenvalue weighted by atomic mass is 9.98. The van der Waals surface area contributed by atoms with Crippen LogP contribution in [0.15, 0.2) is 36.7 Å². The molecule has 2 aromatic heterocycles. The van der Waals surface area contributed by atoms with E-state index in [1.54, 1.807) is 7.05 Å². The van der Waals surface area contributed by atoms with Crippen molar-refractivity contribution < 1.29 is 23.8 Å². The molecule has 1 aromatic carbocycles. The number of hydrogen-bond acceptors (Lipinski definition) is 8. The van der Waals surface area contributed by atoms with Gasteiger partial charge in [-0.2, -0.15) is 9.97 Å². The van der Waals surface area contributed by atoms with E-state index in [-0.39, 0.29) is 30.5 Å². The van der Waals surface area contributed by atoms with Gasteiger partial charge in [-0.05, 0) is 18.9 Å². The molecule has 1 saturated heterocycles. The van der Waals surface area contributed by atoms with Crippen LogP contribution in [-0.4, -0.2) is 68.7 Å². The maximum Gasteiger partial charge on any atom is 0.233 e. The number of rotatable bonds is 9. The van der Waals surface area contributed by atoms with E-state index in [9.17, 15) is 9.90 Å². The number of halogens is 1. The van der Waals surface area contributed by atoms with Crippen molar-refractivity contribution in [2.75, 3.05) is 30.9 Å². The molecule has 3 N–H and O–H groups in total. The second-order valence-corrected chi connectivity index (χ2v) is 8.38. The Balaban J connectivity index is 1.62. The van der Waals surface area contributed by atoms with Crippen molar-refractivity contribution in [3.8, 4) is 0 Å². The van der Waals surface area contributed by atoms with Crippen LogP contribution < -0.4 is 10.6 Å². The predicted molar refractivity (Wildman–Crippen MR) is 124 cm³/mol. The summed E-state index contributed by atoms with van der Waals surface area (Å²) in [6.45, 7) is 3.78. The fourth-order valence-electron chi connectivity index (χ4n) is 3.96. The largest absolute Gasteiger partial charge is 0.387 e. The molecule has 0 unspecified atom stereocenters. The van der Waals surface area contributed by atoms with E-state index in [0.29, 0.717) is 17.9 Å². The number of alkyl halides is 1. The van der Waals surface area contributed by atoms with Crippen LogP contribution in [0.25, 0.3) is 11.2 Å². The number of imidazole rings is 1. The summed E-state index contributed by atoms with van der Waals surface area (Å²) >= 11 is 0. The molecule has 1 aliphatic heterocycles. The fraction of sp³-hybridized carbons (Fsp3) is 0.478. The van der Waals surface area contributed by atoms with Crippen LogP contribution in [0.1, 0.15) is 32.1 Å². The van der Waals surface area contributed by atoms with Crippen molar-refractivity contribution in [1.82, 2.24) is 19.5 Å². The average Bonchev–Trinajstić information content (AvgIpc) is 3.33. The second-order valence-electron chi connectivity index (χ2n) is 8.38. The Morgan fingerprint density at radius 1 is 1.32 bits per heavy atom. The number of carbonyl (C=O) groups excluding carboxylic acids is 1. The molecule has 3 aromatic rings. The maximum absolute atomic E-state index is 15.6. The van der Waals surface area contributed by atoms with E-state index in [1.807, 2.05) is 37.3 Å². The van der Waals surface area contributed by atoms with Gasteiger partial charge in [0.15, 0.2) is 28.9 Å². The number of carbonyl (C=O) groups is 1. The van der Waals surface area contributed by atoms with Crippen molar-refractivity contribution in [1.29, 1.82) is 0 Å². The molecular weight excluding hydrogens is 443 g/mol. The fourth-order valence-corrected chi connectivity index (χ4v) is 3.96. The Labute approximate surface area is 196 Å². The van der Waals surface area contributed by atoms with E-state index < -0.39 is 24.1 Å². The number of aliphatic hydroxyl groups is 1. The normalized spacial score (nSPS) is 24.4. The van der Waals surface area contributed by atoms with Gasteiger partial charge in [-0.1, -0.05) is 37.3 Å². The first-order chi connectivity index (χ1) is 16.3. The Morgan fingerprint density at radius 3 is 2.79 bits per heavy atom. The van der Waals surface area contributed by atoms with Crippen LogP contribution in [0.5, 0.6) is 0 Å². The summed E-state index contributed by atoms with van der Waals surface area (Å²) in [5.41, 5.74) is -0.651. The summed E-state index contributed by atoms with van der Waals surface area (Å²) in [5.74, 6) is 0.108. The molecule has 10 nitrogen and oxygen atoms in total. The lowest BCUT2D eigenvalue weighted by Crippen LogP contribution is -2.40. The summed E-state index contributed by atoms with van der Waals surface area (Å²) in [6, 6.07) is 9.28. The highest BCUT2D eigenvalue weighted by Crippen LogP contribution is 2.42. The minimum absolute atomic E-state index is 0.0430. The lowest BCUT2D eigenvalue weighted by Gasteiger charge is -2.24. The molecule has 34 heavy (non-hydrogen) atoms. The molecule has 1 fully saturated rings. The highest BCUT2D eigenvalue weighted by Gasteiger charge is 2.55. The maximum atomic E-state index is 15.6. The van der Waals surface area contributed by atoms with E-state index in [4.69, 9.17) is 9.47 Å². The Bertz CT molecular complexity index is 1140. The van der Waals surface area contributed by atoms with E-state index in [0.717, 1.165) is 12.0 Å². The van der Waals surface area contributed by atoms with Crippen LogP contribution in [0, 0.1) is 0 Å². The van der Waals surface area contributed by atoms with Gasteiger partial charge in [-0.3, -0.25) is 14.7 Å². The van der Waals surface area contributed by atoms with Crippen molar-refractivity contribution >= 4 is 28.8 Å². The lowest BCUT2D eigenvalue weighted by molar-refractivity contribution is -0.115. The highest BCUT2D eigenvalue weighted by molar-refractivity contribution is 5.92. The van der Waals surface area contributed by atoms with Gasteiger partial charge in [0.25, 0.3) is 0 Å². The Hall–Kier alpha value is -3.15. The second kappa shape index (κ2) is 10.00. The third-order valence-electron chi connectivity index (χ3n) is 5.72. The topological polar surface area (TPSA) is 123 Å². The zero-order valence-corrected chi connectivity index (χ0v) is 19.4. The van der Waals surface area contributed by atoms with Crippen LogP contribution >= 0.6 is 0 Å². The molecule has 0 bridgehead atoms. The number of hydrogen-bond donors (Lipinski definition) is 3. The van der Waals surface area contributed by atoms with Gasteiger partial charge in [-0.15, -0.1) is 0 Å². The van der Waals surface area contributed by atoms with E-state index >= 15 is 4.39 Å². The van der Waals surface area contributed by atoms with Crippen molar-refractivity contribution in [2.45, 2.75) is 50.8 Å². The third kappa shape index (κ3) is 4.72. The van der Waals surface area contributed by atoms with Gasteiger partial charge in [-0.25, -0.2) is 9.37 Å². The predicted octanol–water partition coefficient (Wildman–Crippen LogP) is 2.46. The molecule has 0 aliphatic carbocycles. The van der Waals surface area contributed by atoms with Crippen LogP contribution in [0.4, 0.5) is 16.2 Å². The molecule has 4 atom stereocenters. The van der Waals surface area contributed by atoms with Gasteiger partial charge in [0, 0.05) is 13.7 Å². The Morgan fingerprint density at radius 2 is 2.09 bits per heavy atom. The number of anilines is 2. The van der Waals surface area contributed by atoms with Gasteiger partial charge >= 0.3 is 0 Å². The number of aliphatic hydroxyl groups excluding tert-OH is 1. The van der Waals surface area contributed by atoms with Gasteiger partial charge in [0.2, 0.25) is 11.9 Å². The van der Waals surface area contributed by atoms with Crippen molar-refractivity contribution in [3.05, 3.63) is 42.2 Å². The molecule has 0 spiro atoms. The summed E-state index contributed by atoms with van der Waals surface area (Å²) in [7, 11) is 1.66. The minimum atomic E-state index is -2.13. The number of fused-ring (bicyclic) bond motifs is 1. The van der Waals surface area contributed by atoms with E-state index in [2.05, 4.69) is 25.6 Å². The SMILES string of the molecule is CCCOC[C@H]1O[C@@H](n2cnc3c(NC)nc(NC(=O)Cc4ccccc4)nc32)[C@](C)(F)[C@@H]1O. The molecule has 1 amide bonds. The highest BCUT2D eigenvalue weighted by atomic mass is 19.1. The van der Waals surface area contributed by atoms with E-state index in [1.165, 1.54) is 17.8 Å². The van der Waals surface area contributed by atoms with Crippen LogP contribution in [0.2, 0.25) is 0 Å². The third-order valence-corrected chi connectivity index (χ3v) is 5.72. The van der Waals surface area contributed by atoms with Crippen LogP contribution in [-0.2, 0) is 20.7 Å². The first-order valence-corrected chi connectivity index (χ1v) is 11.2. The first kappa shape index (κ1) is 24.0.